The number of nitrogens with zero attached hydrogens (tertiary/aromatic N) is 1. The SMILES string of the molecule is CC(C)=CC(=O)Nc1ccccc1-c1nc2ccccc2[nH]1. The van der Waals surface area contributed by atoms with Gasteiger partial charge in [-0.1, -0.05) is 29.8 Å². The lowest BCUT2D eigenvalue weighted by Crippen LogP contribution is -2.09. The summed E-state index contributed by atoms with van der Waals surface area (Å²) in [5.74, 6) is 0.609. The van der Waals surface area contributed by atoms with Crippen molar-refractivity contribution in [2.45, 2.75) is 13.8 Å². The first-order chi connectivity index (χ1) is 10.6. The number of nitrogens with one attached hydrogen (secondary N) is 2. The fourth-order valence-electron chi connectivity index (χ4n) is 2.31. The Balaban J connectivity index is 2.00. The highest BCUT2D eigenvalue weighted by Crippen LogP contribution is 2.27. The highest BCUT2D eigenvalue weighted by atomic mass is 16.1. The third-order valence-electron chi connectivity index (χ3n) is 3.25. The number of fused-ring (bicyclic) bond motifs is 1. The van der Waals surface area contributed by atoms with Gasteiger partial charge in [-0.25, -0.2) is 4.98 Å². The van der Waals surface area contributed by atoms with Crippen molar-refractivity contribution in [3.63, 3.8) is 0 Å². The van der Waals surface area contributed by atoms with Gasteiger partial charge in [0.1, 0.15) is 5.82 Å². The molecule has 0 atom stereocenters. The van der Waals surface area contributed by atoms with E-state index >= 15 is 0 Å². The molecule has 2 aromatic carbocycles. The van der Waals surface area contributed by atoms with Gasteiger partial charge in [0.25, 0.3) is 0 Å². The molecule has 110 valence electrons. The average Bonchev–Trinajstić information content (AvgIpc) is 2.90. The number of H-pyrrole nitrogens is 1. The van der Waals surface area contributed by atoms with Crippen molar-refractivity contribution in [2.24, 2.45) is 0 Å². The van der Waals surface area contributed by atoms with Gasteiger partial charge in [-0.2, -0.15) is 0 Å². The van der Waals surface area contributed by atoms with Crippen LogP contribution in [0.25, 0.3) is 22.4 Å². The first kappa shape index (κ1) is 14.1. The number of anilines is 1. The Hall–Kier alpha value is -2.88. The number of aromatic amines is 1. The van der Waals surface area contributed by atoms with Crippen molar-refractivity contribution in [1.29, 1.82) is 0 Å². The second kappa shape index (κ2) is 5.85. The summed E-state index contributed by atoms with van der Waals surface area (Å²) in [6.07, 6.45) is 1.58. The second-order valence-corrected chi connectivity index (χ2v) is 5.36. The third-order valence-corrected chi connectivity index (χ3v) is 3.25. The second-order valence-electron chi connectivity index (χ2n) is 5.36. The Morgan fingerprint density at radius 2 is 1.82 bits per heavy atom. The first-order valence-electron chi connectivity index (χ1n) is 7.13. The number of hydrogen-bond donors (Lipinski definition) is 2. The van der Waals surface area contributed by atoms with Gasteiger partial charge in [0.05, 0.1) is 16.7 Å². The van der Waals surface area contributed by atoms with Crippen molar-refractivity contribution in [3.8, 4) is 11.4 Å². The van der Waals surface area contributed by atoms with Gasteiger partial charge >= 0.3 is 0 Å². The number of allylic oxidation sites excluding steroid dienone is 1. The maximum atomic E-state index is 12.0. The van der Waals surface area contributed by atoms with E-state index in [1.54, 1.807) is 6.08 Å². The molecule has 0 bridgehead atoms. The highest BCUT2D eigenvalue weighted by molar-refractivity contribution is 6.02. The standard InChI is InChI=1S/C18H17N3O/c1-12(2)11-17(22)19-14-8-4-3-7-13(14)18-20-15-9-5-6-10-16(15)21-18/h3-11H,1-2H3,(H,19,22)(H,20,21). The van der Waals surface area contributed by atoms with Crippen LogP contribution in [0, 0.1) is 0 Å². The Morgan fingerprint density at radius 3 is 2.59 bits per heavy atom. The molecule has 4 nitrogen and oxygen atoms in total. The molecule has 3 aromatic rings. The number of carbonyl (C=O) groups excluding carboxylic acids is 1. The van der Waals surface area contributed by atoms with E-state index in [1.165, 1.54) is 0 Å². The fourth-order valence-corrected chi connectivity index (χ4v) is 2.31. The molecular formula is C18H17N3O. The van der Waals surface area contributed by atoms with E-state index in [4.69, 9.17) is 0 Å². The Labute approximate surface area is 128 Å². The zero-order valence-corrected chi connectivity index (χ0v) is 12.6. The normalized spacial score (nSPS) is 10.5. The van der Waals surface area contributed by atoms with E-state index in [2.05, 4.69) is 15.3 Å². The summed E-state index contributed by atoms with van der Waals surface area (Å²) < 4.78 is 0. The molecule has 0 unspecified atom stereocenters. The van der Waals surface area contributed by atoms with E-state index in [-0.39, 0.29) is 5.91 Å². The quantitative estimate of drug-likeness (QED) is 0.713. The van der Waals surface area contributed by atoms with Crippen molar-refractivity contribution in [3.05, 3.63) is 60.2 Å². The van der Waals surface area contributed by atoms with Crippen molar-refractivity contribution in [1.82, 2.24) is 9.97 Å². The van der Waals surface area contributed by atoms with Crippen LogP contribution in [0.5, 0.6) is 0 Å². The number of para-hydroxylation sites is 3. The summed E-state index contributed by atoms with van der Waals surface area (Å²) in [4.78, 5) is 19.8. The fraction of sp³-hybridized carbons (Fsp3) is 0.111. The lowest BCUT2D eigenvalue weighted by molar-refractivity contribution is -0.111. The molecule has 1 aromatic heterocycles. The van der Waals surface area contributed by atoms with Gasteiger partial charge < -0.3 is 10.3 Å². The van der Waals surface area contributed by atoms with E-state index in [0.29, 0.717) is 0 Å². The molecule has 0 radical (unpaired) electrons. The molecule has 0 aliphatic heterocycles. The van der Waals surface area contributed by atoms with Crippen LogP contribution in [0.2, 0.25) is 0 Å². The average molecular weight is 291 g/mol. The summed E-state index contributed by atoms with van der Waals surface area (Å²) in [5, 5.41) is 2.91. The van der Waals surface area contributed by atoms with Gasteiger partial charge in [0.2, 0.25) is 5.91 Å². The van der Waals surface area contributed by atoms with Gasteiger partial charge in [-0.05, 0) is 38.1 Å². The maximum Gasteiger partial charge on any atom is 0.248 e. The number of imidazole rings is 1. The van der Waals surface area contributed by atoms with Gasteiger partial charge in [0, 0.05) is 11.6 Å². The summed E-state index contributed by atoms with van der Waals surface area (Å²) in [5.41, 5.74) is 4.45. The van der Waals surface area contributed by atoms with Crippen LogP contribution >= 0.6 is 0 Å². The summed E-state index contributed by atoms with van der Waals surface area (Å²) in [6, 6.07) is 15.5. The number of hydrogen-bond acceptors (Lipinski definition) is 2. The van der Waals surface area contributed by atoms with Crippen LogP contribution in [0.3, 0.4) is 0 Å². The van der Waals surface area contributed by atoms with Crippen molar-refractivity contribution < 1.29 is 4.79 Å². The molecule has 4 heteroatoms. The molecule has 2 N–H and O–H groups in total. The van der Waals surface area contributed by atoms with E-state index < -0.39 is 0 Å². The molecule has 3 rings (SSSR count). The van der Waals surface area contributed by atoms with Crippen molar-refractivity contribution >= 4 is 22.6 Å². The van der Waals surface area contributed by atoms with Gasteiger partial charge in [-0.15, -0.1) is 0 Å². The molecular weight excluding hydrogens is 274 g/mol. The maximum absolute atomic E-state index is 12.0. The van der Waals surface area contributed by atoms with Crippen molar-refractivity contribution in [2.75, 3.05) is 5.32 Å². The molecule has 1 heterocycles. The molecule has 0 saturated carbocycles. The first-order valence-corrected chi connectivity index (χ1v) is 7.13. The van der Waals surface area contributed by atoms with Crippen LogP contribution in [0.15, 0.2) is 60.2 Å². The largest absolute Gasteiger partial charge is 0.338 e. The summed E-state index contributed by atoms with van der Waals surface area (Å²) in [6.45, 7) is 3.79. The molecule has 0 fully saturated rings. The van der Waals surface area contributed by atoms with E-state index in [9.17, 15) is 4.79 Å². The molecule has 0 aliphatic carbocycles. The molecule has 22 heavy (non-hydrogen) atoms. The molecule has 1 amide bonds. The highest BCUT2D eigenvalue weighted by Gasteiger charge is 2.10. The number of rotatable bonds is 3. The summed E-state index contributed by atoms with van der Waals surface area (Å²) in [7, 11) is 0. The number of carbonyl (C=O) groups is 1. The smallest absolute Gasteiger partial charge is 0.248 e. The van der Waals surface area contributed by atoms with Gasteiger partial charge in [-0.3, -0.25) is 4.79 Å². The van der Waals surface area contributed by atoms with Gasteiger partial charge in [0.15, 0.2) is 0 Å². The third kappa shape index (κ3) is 2.91. The molecule has 0 saturated heterocycles. The predicted octanol–water partition coefficient (Wildman–Crippen LogP) is 4.13. The zero-order valence-electron chi connectivity index (χ0n) is 12.6. The Bertz CT molecular complexity index is 824. The minimum atomic E-state index is -0.136. The zero-order chi connectivity index (χ0) is 15.5. The van der Waals surface area contributed by atoms with Crippen LogP contribution in [-0.4, -0.2) is 15.9 Å². The minimum absolute atomic E-state index is 0.136. The Morgan fingerprint density at radius 1 is 1.09 bits per heavy atom. The number of aromatic nitrogens is 2. The van der Waals surface area contributed by atoms with E-state index in [0.717, 1.165) is 33.7 Å². The van der Waals surface area contributed by atoms with Crippen LogP contribution in [-0.2, 0) is 4.79 Å². The van der Waals surface area contributed by atoms with E-state index in [1.807, 2.05) is 62.4 Å². The number of benzene rings is 2. The molecule has 0 aliphatic rings. The van der Waals surface area contributed by atoms with Crippen LogP contribution in [0.1, 0.15) is 13.8 Å². The topological polar surface area (TPSA) is 57.8 Å². The predicted molar refractivity (Wildman–Crippen MR) is 89.6 cm³/mol. The summed E-state index contributed by atoms with van der Waals surface area (Å²) >= 11 is 0. The molecule has 0 spiro atoms. The monoisotopic (exact) mass is 291 g/mol. The lowest BCUT2D eigenvalue weighted by Gasteiger charge is -2.07. The van der Waals surface area contributed by atoms with Crippen LogP contribution in [0.4, 0.5) is 5.69 Å². The Kier molecular flexibility index (Phi) is 3.74. The lowest BCUT2D eigenvalue weighted by atomic mass is 10.1. The minimum Gasteiger partial charge on any atom is -0.338 e. The van der Waals surface area contributed by atoms with Crippen LogP contribution < -0.4 is 5.32 Å². The number of amides is 1.